The zero-order valence-corrected chi connectivity index (χ0v) is 6.82. The lowest BCUT2D eigenvalue weighted by Crippen LogP contribution is -2.47. The molecule has 0 bridgehead atoms. The van der Waals surface area contributed by atoms with E-state index in [9.17, 15) is 8.42 Å². The smallest absolute Gasteiger partial charge is 0.155 e. The summed E-state index contributed by atoms with van der Waals surface area (Å²) in [6.45, 7) is -0.216. The van der Waals surface area contributed by atoms with E-state index < -0.39 is 14.6 Å². The highest BCUT2D eigenvalue weighted by Crippen LogP contribution is 2.38. The van der Waals surface area contributed by atoms with E-state index in [4.69, 9.17) is 5.11 Å². The van der Waals surface area contributed by atoms with Crippen molar-refractivity contribution in [3.8, 4) is 0 Å². The molecule has 0 aliphatic heterocycles. The zero-order valence-electron chi connectivity index (χ0n) is 6.00. The first-order valence-electron chi connectivity index (χ1n) is 3.32. The molecule has 0 radical (unpaired) electrons. The van der Waals surface area contributed by atoms with Gasteiger partial charge in [0.2, 0.25) is 0 Å². The fourth-order valence-corrected chi connectivity index (χ4v) is 2.48. The summed E-state index contributed by atoms with van der Waals surface area (Å²) >= 11 is 0. The molecule has 0 aromatic heterocycles. The molecular formula is C6H12O3S. The van der Waals surface area contributed by atoms with Gasteiger partial charge in [-0.15, -0.1) is 0 Å². The van der Waals surface area contributed by atoms with Gasteiger partial charge in [0.05, 0.1) is 11.4 Å². The first kappa shape index (κ1) is 8.01. The summed E-state index contributed by atoms with van der Waals surface area (Å²) in [7, 11) is -3.03. The van der Waals surface area contributed by atoms with Crippen LogP contribution in [-0.2, 0) is 9.84 Å². The van der Waals surface area contributed by atoms with Gasteiger partial charge >= 0.3 is 0 Å². The van der Waals surface area contributed by atoms with Gasteiger partial charge in [-0.05, 0) is 12.8 Å². The summed E-state index contributed by atoms with van der Waals surface area (Å²) in [6.07, 6.45) is 3.38. The van der Waals surface area contributed by atoms with Crippen molar-refractivity contribution in [3.05, 3.63) is 0 Å². The molecule has 0 aromatic rings. The Balaban J connectivity index is 2.85. The highest BCUT2D eigenvalue weighted by atomic mass is 32.2. The molecule has 0 atom stereocenters. The van der Waals surface area contributed by atoms with Crippen molar-refractivity contribution in [1.82, 2.24) is 0 Å². The molecule has 0 unspecified atom stereocenters. The fraction of sp³-hybridized carbons (Fsp3) is 1.00. The van der Waals surface area contributed by atoms with E-state index in [2.05, 4.69) is 0 Å². The van der Waals surface area contributed by atoms with Crippen molar-refractivity contribution < 1.29 is 13.5 Å². The molecule has 0 amide bonds. The molecule has 0 spiro atoms. The topological polar surface area (TPSA) is 54.4 Å². The minimum Gasteiger partial charge on any atom is -0.395 e. The van der Waals surface area contributed by atoms with Crippen molar-refractivity contribution >= 4 is 9.84 Å². The van der Waals surface area contributed by atoms with Gasteiger partial charge < -0.3 is 5.11 Å². The average Bonchev–Trinajstić information content (AvgIpc) is 1.58. The highest BCUT2D eigenvalue weighted by molar-refractivity contribution is 7.92. The van der Waals surface area contributed by atoms with Gasteiger partial charge in [-0.2, -0.15) is 0 Å². The number of hydrogen-bond donors (Lipinski definition) is 1. The normalized spacial score (nSPS) is 23.8. The summed E-state index contributed by atoms with van der Waals surface area (Å²) in [5, 5.41) is 8.79. The average molecular weight is 164 g/mol. The Morgan fingerprint density at radius 1 is 1.50 bits per heavy atom. The molecule has 1 fully saturated rings. The van der Waals surface area contributed by atoms with Crippen molar-refractivity contribution in [2.24, 2.45) is 0 Å². The first-order valence-corrected chi connectivity index (χ1v) is 5.21. The van der Waals surface area contributed by atoms with Crippen molar-refractivity contribution in [3.63, 3.8) is 0 Å². The Hall–Kier alpha value is -0.0900. The second-order valence-electron chi connectivity index (χ2n) is 2.97. The second-order valence-corrected chi connectivity index (χ2v) is 5.38. The third-order valence-corrected chi connectivity index (χ3v) is 4.45. The molecule has 10 heavy (non-hydrogen) atoms. The van der Waals surface area contributed by atoms with E-state index >= 15 is 0 Å². The number of aliphatic hydroxyl groups is 1. The summed E-state index contributed by atoms with van der Waals surface area (Å²) in [4.78, 5) is 0. The van der Waals surface area contributed by atoms with Crippen LogP contribution in [0.2, 0.25) is 0 Å². The largest absolute Gasteiger partial charge is 0.395 e. The molecule has 1 aliphatic carbocycles. The molecule has 1 rings (SSSR count). The van der Waals surface area contributed by atoms with E-state index in [0.717, 1.165) is 6.42 Å². The molecular weight excluding hydrogens is 152 g/mol. The first-order chi connectivity index (χ1) is 4.52. The Morgan fingerprint density at radius 3 is 2.00 bits per heavy atom. The van der Waals surface area contributed by atoms with Crippen molar-refractivity contribution in [2.75, 3.05) is 12.9 Å². The quantitative estimate of drug-likeness (QED) is 0.622. The highest BCUT2D eigenvalue weighted by Gasteiger charge is 2.45. The van der Waals surface area contributed by atoms with Crippen LogP contribution in [0.15, 0.2) is 0 Å². The van der Waals surface area contributed by atoms with Crippen molar-refractivity contribution in [2.45, 2.75) is 24.0 Å². The monoisotopic (exact) mass is 164 g/mol. The van der Waals surface area contributed by atoms with E-state index in [1.807, 2.05) is 0 Å². The second kappa shape index (κ2) is 2.20. The number of aliphatic hydroxyl groups excluding tert-OH is 1. The molecule has 1 saturated carbocycles. The Labute approximate surface area is 61.0 Å². The maximum atomic E-state index is 11.0. The number of rotatable bonds is 2. The molecule has 1 N–H and O–H groups in total. The van der Waals surface area contributed by atoms with Gasteiger partial charge in [-0.3, -0.25) is 0 Å². The molecule has 0 aromatic carbocycles. The number of hydrogen-bond acceptors (Lipinski definition) is 3. The van der Waals surface area contributed by atoms with Crippen LogP contribution in [-0.4, -0.2) is 31.1 Å². The lowest BCUT2D eigenvalue weighted by Gasteiger charge is -2.37. The lowest BCUT2D eigenvalue weighted by atomic mass is 9.85. The van der Waals surface area contributed by atoms with Crippen LogP contribution < -0.4 is 0 Å². The Morgan fingerprint density at radius 2 is 2.00 bits per heavy atom. The minimum atomic E-state index is -3.03. The summed E-state index contributed by atoms with van der Waals surface area (Å²) in [5.74, 6) is 0. The van der Waals surface area contributed by atoms with Gasteiger partial charge in [-0.25, -0.2) is 8.42 Å². The van der Waals surface area contributed by atoms with E-state index in [0.29, 0.717) is 12.8 Å². The van der Waals surface area contributed by atoms with E-state index in [-0.39, 0.29) is 6.61 Å². The summed E-state index contributed by atoms with van der Waals surface area (Å²) < 4.78 is 21.2. The minimum absolute atomic E-state index is 0.216. The van der Waals surface area contributed by atoms with Crippen LogP contribution in [0.3, 0.4) is 0 Å². The molecule has 1 aliphatic rings. The van der Waals surface area contributed by atoms with Gasteiger partial charge in [0.15, 0.2) is 9.84 Å². The Bertz CT molecular complexity index is 208. The standard InChI is InChI=1S/C6H12O3S/c1-10(8,9)6(5-7)3-2-4-6/h7H,2-5H2,1H3. The van der Waals surface area contributed by atoms with Crippen LogP contribution in [0.1, 0.15) is 19.3 Å². The molecule has 60 valence electrons. The van der Waals surface area contributed by atoms with Crippen LogP contribution >= 0.6 is 0 Å². The maximum Gasteiger partial charge on any atom is 0.155 e. The van der Waals surface area contributed by atoms with Crippen LogP contribution in [0.25, 0.3) is 0 Å². The van der Waals surface area contributed by atoms with Crippen LogP contribution in [0.5, 0.6) is 0 Å². The van der Waals surface area contributed by atoms with Gasteiger partial charge in [0, 0.05) is 6.26 Å². The predicted molar refractivity (Wildman–Crippen MR) is 38.5 cm³/mol. The Kier molecular flexibility index (Phi) is 1.76. The molecule has 3 nitrogen and oxygen atoms in total. The molecule has 0 heterocycles. The van der Waals surface area contributed by atoms with Gasteiger partial charge in [0.25, 0.3) is 0 Å². The lowest BCUT2D eigenvalue weighted by molar-refractivity contribution is 0.182. The molecule has 0 saturated heterocycles. The number of sulfone groups is 1. The summed E-state index contributed by atoms with van der Waals surface area (Å²) in [6, 6.07) is 0. The third-order valence-electron chi connectivity index (χ3n) is 2.34. The van der Waals surface area contributed by atoms with E-state index in [1.54, 1.807) is 0 Å². The van der Waals surface area contributed by atoms with Crippen molar-refractivity contribution in [1.29, 1.82) is 0 Å². The predicted octanol–water partition coefficient (Wildman–Crippen LogP) is -0.0540. The molecule has 4 heteroatoms. The summed E-state index contributed by atoms with van der Waals surface area (Å²) in [5.41, 5.74) is 0. The van der Waals surface area contributed by atoms with Gasteiger partial charge in [0.1, 0.15) is 0 Å². The maximum absolute atomic E-state index is 11.0. The van der Waals surface area contributed by atoms with E-state index in [1.165, 1.54) is 6.26 Å². The van der Waals surface area contributed by atoms with Crippen LogP contribution in [0.4, 0.5) is 0 Å². The zero-order chi connectivity index (χ0) is 7.83. The SMILES string of the molecule is CS(=O)(=O)C1(CO)CCC1. The van der Waals surface area contributed by atoms with Gasteiger partial charge in [-0.1, -0.05) is 6.42 Å². The van der Waals surface area contributed by atoms with Crippen LogP contribution in [0, 0.1) is 0 Å². The third kappa shape index (κ3) is 0.953. The fourth-order valence-electron chi connectivity index (χ4n) is 1.22.